The van der Waals surface area contributed by atoms with Crippen LogP contribution < -0.4 is 10.6 Å². The van der Waals surface area contributed by atoms with Crippen molar-refractivity contribution in [1.82, 2.24) is 14.9 Å². The molecule has 0 bridgehead atoms. The van der Waals surface area contributed by atoms with Gasteiger partial charge >= 0.3 is 0 Å². The van der Waals surface area contributed by atoms with Crippen molar-refractivity contribution < 1.29 is 18.0 Å². The second-order valence-electron chi connectivity index (χ2n) is 6.70. The second kappa shape index (κ2) is 9.85. The molecule has 0 radical (unpaired) electrons. The van der Waals surface area contributed by atoms with Gasteiger partial charge in [-0.1, -0.05) is 33.1 Å². The van der Waals surface area contributed by atoms with Gasteiger partial charge in [0.1, 0.15) is 0 Å². The average molecular weight is 396 g/mol. The van der Waals surface area contributed by atoms with Gasteiger partial charge in [-0.05, 0) is 37.1 Å². The molecular formula is C19H29N3O4S. The van der Waals surface area contributed by atoms with Crippen LogP contribution in [-0.4, -0.2) is 50.2 Å². The van der Waals surface area contributed by atoms with Crippen LogP contribution in [0.2, 0.25) is 0 Å². The monoisotopic (exact) mass is 395 g/mol. The van der Waals surface area contributed by atoms with Crippen molar-refractivity contribution in [3.05, 3.63) is 29.8 Å². The summed E-state index contributed by atoms with van der Waals surface area (Å²) in [4.78, 5) is 24.3. The van der Waals surface area contributed by atoms with Gasteiger partial charge in [-0.2, -0.15) is 4.31 Å². The van der Waals surface area contributed by atoms with Gasteiger partial charge in [0.15, 0.2) is 0 Å². The van der Waals surface area contributed by atoms with Crippen molar-refractivity contribution in [3.63, 3.8) is 0 Å². The summed E-state index contributed by atoms with van der Waals surface area (Å²) in [5.41, 5.74) is 0.318. The highest BCUT2D eigenvalue weighted by Crippen LogP contribution is 2.17. The molecule has 1 aromatic carbocycles. The van der Waals surface area contributed by atoms with Crippen LogP contribution in [0.1, 0.15) is 56.3 Å². The van der Waals surface area contributed by atoms with Crippen molar-refractivity contribution in [2.24, 2.45) is 0 Å². The van der Waals surface area contributed by atoms with Crippen LogP contribution in [0.5, 0.6) is 0 Å². The molecule has 1 aliphatic rings. The van der Waals surface area contributed by atoms with Gasteiger partial charge in [0.05, 0.1) is 11.4 Å². The number of amides is 2. The Balaban J connectivity index is 1.90. The van der Waals surface area contributed by atoms with E-state index in [0.717, 1.165) is 25.7 Å². The summed E-state index contributed by atoms with van der Waals surface area (Å²) < 4.78 is 26.3. The van der Waals surface area contributed by atoms with Gasteiger partial charge in [0.2, 0.25) is 15.9 Å². The van der Waals surface area contributed by atoms with Gasteiger partial charge in [0, 0.05) is 24.7 Å². The minimum Gasteiger partial charge on any atom is -0.352 e. The van der Waals surface area contributed by atoms with Crippen molar-refractivity contribution in [1.29, 1.82) is 0 Å². The summed E-state index contributed by atoms with van der Waals surface area (Å²) >= 11 is 0. The van der Waals surface area contributed by atoms with E-state index in [1.54, 1.807) is 13.8 Å². The Labute approximate surface area is 161 Å². The van der Waals surface area contributed by atoms with E-state index in [1.165, 1.54) is 35.0 Å². The second-order valence-corrected chi connectivity index (χ2v) is 8.64. The van der Waals surface area contributed by atoms with Crippen molar-refractivity contribution in [2.75, 3.05) is 19.6 Å². The number of nitrogens with one attached hydrogen (secondary N) is 2. The van der Waals surface area contributed by atoms with Gasteiger partial charge in [-0.25, -0.2) is 8.42 Å². The average Bonchev–Trinajstić information content (AvgIpc) is 2.67. The van der Waals surface area contributed by atoms with E-state index in [2.05, 4.69) is 10.6 Å². The summed E-state index contributed by atoms with van der Waals surface area (Å²) in [7, 11) is -3.55. The quantitative estimate of drug-likeness (QED) is 0.703. The van der Waals surface area contributed by atoms with Gasteiger partial charge < -0.3 is 10.6 Å². The third-order valence-corrected chi connectivity index (χ3v) is 6.90. The minimum atomic E-state index is -3.55. The zero-order valence-electron chi connectivity index (χ0n) is 16.0. The van der Waals surface area contributed by atoms with E-state index in [9.17, 15) is 18.0 Å². The summed E-state index contributed by atoms with van der Waals surface area (Å²) in [6, 6.07) is 5.97. The molecule has 0 heterocycles. The summed E-state index contributed by atoms with van der Waals surface area (Å²) in [6.07, 6.45) is 5.44. The molecule has 0 aromatic heterocycles. The third-order valence-electron chi connectivity index (χ3n) is 4.84. The molecule has 1 aromatic rings. The Bertz CT molecular complexity index is 737. The molecule has 1 aliphatic carbocycles. The molecule has 8 heteroatoms. The number of benzene rings is 1. The van der Waals surface area contributed by atoms with E-state index in [0.29, 0.717) is 18.7 Å². The number of carbonyl (C=O) groups is 2. The van der Waals surface area contributed by atoms with Crippen LogP contribution in [0.25, 0.3) is 0 Å². The maximum absolute atomic E-state index is 12.5. The fourth-order valence-electron chi connectivity index (χ4n) is 3.28. The molecule has 2 amide bonds. The van der Waals surface area contributed by atoms with Crippen LogP contribution in [0.4, 0.5) is 0 Å². The van der Waals surface area contributed by atoms with Gasteiger partial charge in [0.25, 0.3) is 5.91 Å². The van der Waals surface area contributed by atoms with E-state index in [1.807, 2.05) is 0 Å². The first-order valence-electron chi connectivity index (χ1n) is 9.56. The van der Waals surface area contributed by atoms with E-state index >= 15 is 0 Å². The smallest absolute Gasteiger partial charge is 0.251 e. The maximum atomic E-state index is 12.5. The molecule has 7 nitrogen and oxygen atoms in total. The molecule has 1 saturated carbocycles. The highest BCUT2D eigenvalue weighted by atomic mass is 32.2. The highest BCUT2D eigenvalue weighted by Gasteiger charge is 2.22. The highest BCUT2D eigenvalue weighted by molar-refractivity contribution is 7.89. The normalized spacial score (nSPS) is 15.5. The van der Waals surface area contributed by atoms with Crippen LogP contribution in [-0.2, 0) is 14.8 Å². The first-order valence-corrected chi connectivity index (χ1v) is 11.0. The van der Waals surface area contributed by atoms with Gasteiger partial charge in [-0.3, -0.25) is 9.59 Å². The zero-order valence-corrected chi connectivity index (χ0v) is 16.8. The molecule has 0 unspecified atom stereocenters. The predicted molar refractivity (Wildman–Crippen MR) is 104 cm³/mol. The number of sulfonamides is 1. The Hall–Kier alpha value is -1.93. The first-order chi connectivity index (χ1) is 12.9. The lowest BCUT2D eigenvalue weighted by atomic mass is 9.95. The fraction of sp³-hybridized carbons (Fsp3) is 0.579. The molecule has 1 fully saturated rings. The Morgan fingerprint density at radius 1 is 1.04 bits per heavy atom. The fourth-order valence-corrected chi connectivity index (χ4v) is 4.74. The van der Waals surface area contributed by atoms with E-state index in [-0.39, 0.29) is 23.4 Å². The molecule has 2 N–H and O–H groups in total. The molecule has 2 rings (SSSR count). The lowest BCUT2D eigenvalue weighted by molar-refractivity contribution is -0.121. The molecule has 0 saturated heterocycles. The molecule has 27 heavy (non-hydrogen) atoms. The zero-order chi connectivity index (χ0) is 19.9. The van der Waals surface area contributed by atoms with Crippen LogP contribution in [0, 0.1) is 0 Å². The number of carbonyl (C=O) groups excluding carboxylic acids is 2. The Kier molecular flexibility index (Phi) is 7.79. The lowest BCUT2D eigenvalue weighted by Crippen LogP contribution is -2.42. The number of hydrogen-bond donors (Lipinski definition) is 2. The van der Waals surface area contributed by atoms with Crippen molar-refractivity contribution >= 4 is 21.8 Å². The topological polar surface area (TPSA) is 95.6 Å². The maximum Gasteiger partial charge on any atom is 0.251 e. The van der Waals surface area contributed by atoms with E-state index in [4.69, 9.17) is 0 Å². The Morgan fingerprint density at radius 3 is 2.19 bits per heavy atom. The molecule has 0 spiro atoms. The number of rotatable bonds is 8. The van der Waals surface area contributed by atoms with Crippen molar-refractivity contribution in [2.45, 2.75) is 56.9 Å². The molecular weight excluding hydrogens is 366 g/mol. The molecule has 0 aliphatic heterocycles. The molecule has 0 atom stereocenters. The standard InChI is InChI=1S/C19H29N3O4S/c1-3-22(4-2)27(25,26)17-12-10-15(11-13-17)19(24)20-14-18(23)21-16-8-6-5-7-9-16/h10-13,16H,3-9,14H2,1-2H3,(H,20,24)(H,21,23). The predicted octanol–water partition coefficient (Wildman–Crippen LogP) is 1.90. The summed E-state index contributed by atoms with van der Waals surface area (Å²) in [5.74, 6) is -0.600. The summed E-state index contributed by atoms with van der Waals surface area (Å²) in [5, 5.41) is 5.52. The largest absolute Gasteiger partial charge is 0.352 e. The number of nitrogens with zero attached hydrogens (tertiary/aromatic N) is 1. The van der Waals surface area contributed by atoms with E-state index < -0.39 is 15.9 Å². The van der Waals surface area contributed by atoms with Gasteiger partial charge in [-0.15, -0.1) is 0 Å². The molecule has 150 valence electrons. The third kappa shape index (κ3) is 5.77. The number of hydrogen-bond acceptors (Lipinski definition) is 4. The van der Waals surface area contributed by atoms with Crippen LogP contribution in [0.3, 0.4) is 0 Å². The Morgan fingerprint density at radius 2 is 1.63 bits per heavy atom. The lowest BCUT2D eigenvalue weighted by Gasteiger charge is -2.22. The summed E-state index contributed by atoms with van der Waals surface area (Å²) in [6.45, 7) is 4.24. The first kappa shape index (κ1) is 21.4. The minimum absolute atomic E-state index is 0.0885. The van der Waals surface area contributed by atoms with Crippen LogP contribution in [0.15, 0.2) is 29.2 Å². The van der Waals surface area contributed by atoms with Crippen LogP contribution >= 0.6 is 0 Å². The SMILES string of the molecule is CCN(CC)S(=O)(=O)c1ccc(C(=O)NCC(=O)NC2CCCCC2)cc1. The van der Waals surface area contributed by atoms with Crippen molar-refractivity contribution in [3.8, 4) is 0 Å².